The molecule has 112 valence electrons. The van der Waals surface area contributed by atoms with Crippen LogP contribution in [0.4, 0.5) is 10.1 Å². The third-order valence-corrected chi connectivity index (χ3v) is 4.70. The molecule has 2 rings (SSSR count). The molecular formula is C14H14ClFN2O2S. The molecule has 0 fully saturated rings. The van der Waals surface area contributed by atoms with Gasteiger partial charge in [-0.05, 0) is 42.3 Å². The molecule has 0 unspecified atom stereocenters. The normalized spacial score (nSPS) is 11.5. The van der Waals surface area contributed by atoms with E-state index in [1.54, 1.807) is 12.1 Å². The summed E-state index contributed by atoms with van der Waals surface area (Å²) in [6, 6.07) is 10.0. The van der Waals surface area contributed by atoms with Crippen LogP contribution in [0.15, 0.2) is 47.4 Å². The van der Waals surface area contributed by atoms with Crippen LogP contribution in [0.3, 0.4) is 0 Å². The molecule has 2 aromatic carbocycles. The molecule has 7 heteroatoms. The van der Waals surface area contributed by atoms with E-state index in [4.69, 9.17) is 17.3 Å². The number of anilines is 1. The summed E-state index contributed by atoms with van der Waals surface area (Å²) in [6.45, 7) is 0.205. The largest absolute Gasteiger partial charge is 0.397 e. The predicted octanol–water partition coefficient (Wildman–Crippen LogP) is 2.58. The van der Waals surface area contributed by atoms with Gasteiger partial charge in [0.15, 0.2) is 0 Å². The number of nitrogen functional groups attached to an aromatic ring is 1. The van der Waals surface area contributed by atoms with Crippen molar-refractivity contribution < 1.29 is 12.8 Å². The van der Waals surface area contributed by atoms with Gasteiger partial charge in [-0.25, -0.2) is 17.5 Å². The summed E-state index contributed by atoms with van der Waals surface area (Å²) in [4.78, 5) is 0.0588. The van der Waals surface area contributed by atoms with Crippen molar-refractivity contribution in [3.8, 4) is 0 Å². The first kappa shape index (κ1) is 15.8. The zero-order valence-electron chi connectivity index (χ0n) is 11.0. The quantitative estimate of drug-likeness (QED) is 0.829. The number of nitrogens with two attached hydrogens (primary N) is 1. The molecule has 0 bridgehead atoms. The molecular weight excluding hydrogens is 315 g/mol. The number of halogens is 2. The number of rotatable bonds is 5. The minimum atomic E-state index is -3.64. The molecule has 2 aromatic rings. The fourth-order valence-electron chi connectivity index (χ4n) is 1.75. The number of nitrogens with one attached hydrogen (secondary N) is 1. The van der Waals surface area contributed by atoms with Crippen LogP contribution >= 0.6 is 11.6 Å². The number of benzene rings is 2. The number of hydrogen-bond donors (Lipinski definition) is 2. The van der Waals surface area contributed by atoms with Crippen molar-refractivity contribution in [2.75, 3.05) is 12.3 Å². The lowest BCUT2D eigenvalue weighted by Gasteiger charge is -2.08. The summed E-state index contributed by atoms with van der Waals surface area (Å²) in [5.41, 5.74) is 6.64. The lowest BCUT2D eigenvalue weighted by atomic mass is 10.1. The van der Waals surface area contributed by atoms with E-state index in [0.29, 0.717) is 11.4 Å². The zero-order valence-corrected chi connectivity index (χ0v) is 12.6. The Morgan fingerprint density at radius 2 is 1.81 bits per heavy atom. The minimum absolute atomic E-state index is 0.0588. The Morgan fingerprint density at radius 3 is 2.43 bits per heavy atom. The van der Waals surface area contributed by atoms with E-state index < -0.39 is 10.0 Å². The van der Waals surface area contributed by atoms with Crippen molar-refractivity contribution in [1.82, 2.24) is 4.72 Å². The van der Waals surface area contributed by atoms with Crippen molar-refractivity contribution in [3.63, 3.8) is 0 Å². The van der Waals surface area contributed by atoms with Crippen molar-refractivity contribution in [3.05, 3.63) is 58.9 Å². The fraction of sp³-hybridized carbons (Fsp3) is 0.143. The summed E-state index contributed by atoms with van der Waals surface area (Å²) >= 11 is 5.76. The van der Waals surface area contributed by atoms with Crippen LogP contribution in [0, 0.1) is 5.82 Å². The van der Waals surface area contributed by atoms with Gasteiger partial charge < -0.3 is 5.73 Å². The highest BCUT2D eigenvalue weighted by atomic mass is 35.5. The van der Waals surface area contributed by atoms with Gasteiger partial charge in [0, 0.05) is 6.54 Å². The molecule has 0 amide bonds. The lowest BCUT2D eigenvalue weighted by molar-refractivity contribution is 0.581. The van der Waals surface area contributed by atoms with Crippen molar-refractivity contribution in [2.45, 2.75) is 11.3 Å². The van der Waals surface area contributed by atoms with Crippen LogP contribution in [-0.4, -0.2) is 15.0 Å². The van der Waals surface area contributed by atoms with E-state index >= 15 is 0 Å². The number of hydrogen-bond acceptors (Lipinski definition) is 3. The second-order valence-electron chi connectivity index (χ2n) is 4.46. The predicted molar refractivity (Wildman–Crippen MR) is 81.2 cm³/mol. The van der Waals surface area contributed by atoms with Crippen LogP contribution in [0.2, 0.25) is 5.02 Å². The highest BCUT2D eigenvalue weighted by molar-refractivity contribution is 7.89. The Labute approximate surface area is 127 Å². The zero-order chi connectivity index (χ0) is 15.5. The number of sulfonamides is 1. The standard InChI is InChI=1S/C14H14ClFN2O2S/c15-13-6-5-12(9-14(13)17)21(19,20)18-8-7-10-1-3-11(16)4-2-10/h1-6,9,18H,7-8,17H2. The molecule has 0 aliphatic carbocycles. The maximum atomic E-state index is 12.8. The van der Waals surface area contributed by atoms with Crippen LogP contribution in [0.25, 0.3) is 0 Å². The van der Waals surface area contributed by atoms with Crippen LogP contribution in [0.5, 0.6) is 0 Å². The van der Waals surface area contributed by atoms with Gasteiger partial charge >= 0.3 is 0 Å². The molecule has 0 radical (unpaired) electrons. The van der Waals surface area contributed by atoms with E-state index in [1.165, 1.54) is 30.3 Å². The molecule has 3 N–H and O–H groups in total. The summed E-state index contributed by atoms with van der Waals surface area (Å²) in [6.07, 6.45) is 0.461. The Bertz CT molecular complexity index is 733. The SMILES string of the molecule is Nc1cc(S(=O)(=O)NCCc2ccc(F)cc2)ccc1Cl. The topological polar surface area (TPSA) is 72.2 Å². The highest BCUT2D eigenvalue weighted by Gasteiger charge is 2.14. The van der Waals surface area contributed by atoms with Gasteiger partial charge in [0.25, 0.3) is 0 Å². The molecule has 0 heterocycles. The summed E-state index contributed by atoms with van der Waals surface area (Å²) < 4.78 is 39.4. The first-order valence-corrected chi connectivity index (χ1v) is 8.04. The molecule has 21 heavy (non-hydrogen) atoms. The molecule has 0 aliphatic heterocycles. The third-order valence-electron chi connectivity index (χ3n) is 2.90. The summed E-state index contributed by atoms with van der Waals surface area (Å²) in [5.74, 6) is -0.323. The maximum absolute atomic E-state index is 12.8. The van der Waals surface area contributed by atoms with E-state index in [1.807, 2.05) is 0 Å². The van der Waals surface area contributed by atoms with E-state index in [9.17, 15) is 12.8 Å². The van der Waals surface area contributed by atoms with Crippen LogP contribution < -0.4 is 10.5 Å². The van der Waals surface area contributed by atoms with Gasteiger partial charge in [-0.15, -0.1) is 0 Å². The van der Waals surface area contributed by atoms with Crippen molar-refractivity contribution >= 4 is 27.3 Å². The second kappa shape index (κ2) is 6.43. The summed E-state index contributed by atoms with van der Waals surface area (Å²) in [5, 5.41) is 0.306. The van der Waals surface area contributed by atoms with Gasteiger partial charge in [-0.2, -0.15) is 0 Å². The van der Waals surface area contributed by atoms with Crippen LogP contribution in [0.1, 0.15) is 5.56 Å². The van der Waals surface area contributed by atoms with Crippen molar-refractivity contribution in [1.29, 1.82) is 0 Å². The molecule has 0 spiro atoms. The molecule has 0 saturated carbocycles. The molecule has 0 aromatic heterocycles. The second-order valence-corrected chi connectivity index (χ2v) is 6.63. The van der Waals surface area contributed by atoms with E-state index in [-0.39, 0.29) is 22.9 Å². The smallest absolute Gasteiger partial charge is 0.240 e. The average Bonchev–Trinajstić information content (AvgIpc) is 2.44. The Balaban J connectivity index is 2.01. The Kier molecular flexibility index (Phi) is 4.82. The third kappa shape index (κ3) is 4.17. The fourth-order valence-corrected chi connectivity index (χ4v) is 2.94. The van der Waals surface area contributed by atoms with Crippen molar-refractivity contribution in [2.24, 2.45) is 0 Å². The van der Waals surface area contributed by atoms with Gasteiger partial charge in [0.1, 0.15) is 5.82 Å². The van der Waals surface area contributed by atoms with E-state index in [0.717, 1.165) is 5.56 Å². The van der Waals surface area contributed by atoms with Gasteiger partial charge in [-0.1, -0.05) is 23.7 Å². The first-order valence-electron chi connectivity index (χ1n) is 6.17. The first-order chi connectivity index (χ1) is 9.88. The Morgan fingerprint density at radius 1 is 1.14 bits per heavy atom. The molecule has 0 aliphatic rings. The Hall–Kier alpha value is -1.63. The summed E-state index contributed by atoms with van der Waals surface area (Å²) in [7, 11) is -3.64. The lowest BCUT2D eigenvalue weighted by Crippen LogP contribution is -2.26. The molecule has 0 saturated heterocycles. The highest BCUT2D eigenvalue weighted by Crippen LogP contribution is 2.22. The monoisotopic (exact) mass is 328 g/mol. The molecule has 4 nitrogen and oxygen atoms in total. The minimum Gasteiger partial charge on any atom is -0.397 e. The molecule has 0 atom stereocenters. The van der Waals surface area contributed by atoms with Gasteiger partial charge in [0.2, 0.25) is 10.0 Å². The maximum Gasteiger partial charge on any atom is 0.240 e. The van der Waals surface area contributed by atoms with Crippen LogP contribution in [-0.2, 0) is 16.4 Å². The van der Waals surface area contributed by atoms with Gasteiger partial charge in [-0.3, -0.25) is 0 Å². The van der Waals surface area contributed by atoms with Gasteiger partial charge in [0.05, 0.1) is 15.6 Å². The average molecular weight is 329 g/mol. The van der Waals surface area contributed by atoms with E-state index in [2.05, 4.69) is 4.72 Å².